The molecule has 2 aliphatic heterocycles. The van der Waals surface area contributed by atoms with Crippen LogP contribution in [0.15, 0.2) is 11.6 Å². The molecule has 2 rings (SSSR count). The maximum atomic E-state index is 11.7. The number of aliphatic hydroxyl groups is 1. The number of ketones is 3. The number of hydrogen-bond donors (Lipinski definition) is 1. The highest BCUT2D eigenvalue weighted by Gasteiger charge is 2.34. The summed E-state index contributed by atoms with van der Waals surface area (Å²) >= 11 is 0. The van der Waals surface area contributed by atoms with E-state index in [1.54, 1.807) is 0 Å². The molecule has 6 nitrogen and oxygen atoms in total. The van der Waals surface area contributed by atoms with Gasteiger partial charge in [-0.05, 0) is 13.0 Å². The molecule has 2 aliphatic rings. The average Bonchev–Trinajstić information content (AvgIpc) is 3.19. The van der Waals surface area contributed by atoms with Crippen molar-refractivity contribution >= 4 is 17.3 Å². The predicted molar refractivity (Wildman–Crippen MR) is 58.9 cm³/mol. The second kappa shape index (κ2) is 5.09. The van der Waals surface area contributed by atoms with Gasteiger partial charge in [-0.15, -0.1) is 0 Å². The summed E-state index contributed by atoms with van der Waals surface area (Å²) in [7, 11) is 0. The Bertz CT molecular complexity index is 414. The highest BCUT2D eigenvalue weighted by atomic mass is 16.6. The van der Waals surface area contributed by atoms with Crippen molar-refractivity contribution in [2.45, 2.75) is 31.7 Å². The van der Waals surface area contributed by atoms with Crippen LogP contribution >= 0.6 is 0 Å². The summed E-state index contributed by atoms with van der Waals surface area (Å²) in [6.45, 7) is 1.99. The Morgan fingerprint density at radius 3 is 2.28 bits per heavy atom. The number of carbonyl (C=O) groups is 3. The van der Waals surface area contributed by atoms with Gasteiger partial charge in [-0.3, -0.25) is 14.4 Å². The molecule has 0 saturated carbocycles. The van der Waals surface area contributed by atoms with Gasteiger partial charge in [0, 0.05) is 12.0 Å². The fourth-order valence-electron chi connectivity index (χ4n) is 1.49. The minimum Gasteiger partial charge on any atom is -0.385 e. The van der Waals surface area contributed by atoms with E-state index in [-0.39, 0.29) is 23.6 Å². The Kier molecular flexibility index (Phi) is 3.70. The van der Waals surface area contributed by atoms with Gasteiger partial charge < -0.3 is 14.6 Å². The second-order valence-electron chi connectivity index (χ2n) is 4.40. The molecule has 98 valence electrons. The molecule has 0 aromatic heterocycles. The quantitative estimate of drug-likeness (QED) is 0.471. The molecule has 0 aromatic carbocycles. The van der Waals surface area contributed by atoms with Gasteiger partial charge in [0.25, 0.3) is 0 Å². The Hall–Kier alpha value is -1.37. The first-order valence-corrected chi connectivity index (χ1v) is 5.71. The maximum absolute atomic E-state index is 11.7. The van der Waals surface area contributed by atoms with Crippen molar-refractivity contribution in [2.75, 3.05) is 13.2 Å². The van der Waals surface area contributed by atoms with E-state index in [1.165, 1.54) is 6.92 Å². The third-order valence-electron chi connectivity index (χ3n) is 2.72. The Morgan fingerprint density at radius 2 is 1.83 bits per heavy atom. The fourth-order valence-corrected chi connectivity index (χ4v) is 1.49. The zero-order chi connectivity index (χ0) is 13.3. The first-order chi connectivity index (χ1) is 8.49. The monoisotopic (exact) mass is 254 g/mol. The molecule has 0 radical (unpaired) electrons. The van der Waals surface area contributed by atoms with Gasteiger partial charge in [0.1, 0.15) is 18.3 Å². The topological polar surface area (TPSA) is 96.5 Å². The fraction of sp³-hybridized carbons (Fsp3) is 0.583. The van der Waals surface area contributed by atoms with Crippen molar-refractivity contribution in [3.8, 4) is 0 Å². The predicted octanol–water partition coefficient (Wildman–Crippen LogP) is -0.811. The average molecular weight is 254 g/mol. The lowest BCUT2D eigenvalue weighted by molar-refractivity contribution is -0.125. The highest BCUT2D eigenvalue weighted by Crippen LogP contribution is 2.19. The summed E-state index contributed by atoms with van der Waals surface area (Å²) in [5.74, 6) is -1.21. The van der Waals surface area contributed by atoms with E-state index in [0.29, 0.717) is 13.2 Å². The lowest BCUT2D eigenvalue weighted by atomic mass is 9.98. The molecule has 0 amide bonds. The van der Waals surface area contributed by atoms with Crippen LogP contribution in [-0.4, -0.2) is 54.0 Å². The molecule has 18 heavy (non-hydrogen) atoms. The summed E-state index contributed by atoms with van der Waals surface area (Å²) in [6.07, 6.45) is -1.30. The van der Waals surface area contributed by atoms with Crippen LogP contribution in [0.4, 0.5) is 0 Å². The molecule has 2 saturated heterocycles. The molecule has 0 aliphatic carbocycles. The van der Waals surface area contributed by atoms with E-state index in [1.807, 2.05) is 0 Å². The van der Waals surface area contributed by atoms with E-state index < -0.39 is 24.1 Å². The number of rotatable bonds is 7. The summed E-state index contributed by atoms with van der Waals surface area (Å²) in [5.41, 5.74) is 0.0194. The standard InChI is InChI=1S/C12H14O6/c1-6(13)12(16)7(2-8(14)10-4-17-10)3-9(15)11-5-18-11/h2,6,10-11,13H,3-5H2,1H3/b7-2+. The van der Waals surface area contributed by atoms with Gasteiger partial charge in [0.05, 0.1) is 13.2 Å². The van der Waals surface area contributed by atoms with Crippen molar-refractivity contribution in [2.24, 2.45) is 0 Å². The van der Waals surface area contributed by atoms with Crippen molar-refractivity contribution in [3.05, 3.63) is 11.6 Å². The third-order valence-corrected chi connectivity index (χ3v) is 2.72. The lowest BCUT2D eigenvalue weighted by Crippen LogP contribution is -2.23. The molecule has 0 bridgehead atoms. The van der Waals surface area contributed by atoms with Gasteiger partial charge in [-0.25, -0.2) is 0 Å². The minimum absolute atomic E-state index is 0.0194. The molecule has 3 atom stereocenters. The van der Waals surface area contributed by atoms with Crippen LogP contribution in [0.2, 0.25) is 0 Å². The van der Waals surface area contributed by atoms with Crippen molar-refractivity contribution < 1.29 is 29.0 Å². The summed E-state index contributed by atoms with van der Waals surface area (Å²) < 4.78 is 9.61. The van der Waals surface area contributed by atoms with Crippen LogP contribution in [0.1, 0.15) is 13.3 Å². The van der Waals surface area contributed by atoms with Gasteiger partial charge in [0.15, 0.2) is 17.3 Å². The zero-order valence-electron chi connectivity index (χ0n) is 9.92. The smallest absolute Gasteiger partial charge is 0.187 e. The van der Waals surface area contributed by atoms with E-state index in [2.05, 4.69) is 0 Å². The summed E-state index contributed by atoms with van der Waals surface area (Å²) in [4.78, 5) is 34.8. The number of ether oxygens (including phenoxy) is 2. The highest BCUT2D eigenvalue weighted by molar-refractivity contribution is 6.09. The number of aliphatic hydroxyl groups excluding tert-OH is 1. The first kappa shape index (κ1) is 13.1. The number of hydrogen-bond acceptors (Lipinski definition) is 6. The number of epoxide rings is 2. The van der Waals surface area contributed by atoms with E-state index in [0.717, 1.165) is 6.08 Å². The summed E-state index contributed by atoms with van der Waals surface area (Å²) in [6, 6.07) is 0. The molecule has 1 N–H and O–H groups in total. The normalized spacial score (nSPS) is 27.6. The van der Waals surface area contributed by atoms with Crippen molar-refractivity contribution in [3.63, 3.8) is 0 Å². The van der Waals surface area contributed by atoms with Crippen LogP contribution in [0.3, 0.4) is 0 Å². The van der Waals surface area contributed by atoms with Crippen LogP contribution in [-0.2, 0) is 23.9 Å². The zero-order valence-corrected chi connectivity index (χ0v) is 9.92. The molecule has 2 fully saturated rings. The van der Waals surface area contributed by atoms with Gasteiger partial charge in [-0.2, -0.15) is 0 Å². The maximum Gasteiger partial charge on any atom is 0.187 e. The Balaban J connectivity index is 2.07. The summed E-state index contributed by atoms with van der Waals surface area (Å²) in [5, 5.41) is 9.25. The van der Waals surface area contributed by atoms with E-state index >= 15 is 0 Å². The third kappa shape index (κ3) is 3.32. The SMILES string of the molecule is CC(O)C(=O)/C(=C/C(=O)C1CO1)CC(=O)C1CO1. The van der Waals surface area contributed by atoms with Gasteiger partial charge in [-0.1, -0.05) is 0 Å². The van der Waals surface area contributed by atoms with Crippen molar-refractivity contribution in [1.82, 2.24) is 0 Å². The molecular formula is C12H14O6. The van der Waals surface area contributed by atoms with Crippen LogP contribution in [0.5, 0.6) is 0 Å². The molecule has 2 heterocycles. The number of carbonyl (C=O) groups excluding carboxylic acids is 3. The van der Waals surface area contributed by atoms with Gasteiger partial charge >= 0.3 is 0 Å². The minimum atomic E-state index is -1.24. The van der Waals surface area contributed by atoms with Crippen LogP contribution in [0, 0.1) is 0 Å². The molecule has 6 heteroatoms. The molecular weight excluding hydrogens is 240 g/mol. The Labute approximate surface area is 104 Å². The second-order valence-corrected chi connectivity index (χ2v) is 4.40. The lowest BCUT2D eigenvalue weighted by Gasteiger charge is -2.07. The molecule has 3 unspecified atom stereocenters. The van der Waals surface area contributed by atoms with Crippen LogP contribution in [0.25, 0.3) is 0 Å². The largest absolute Gasteiger partial charge is 0.385 e. The first-order valence-electron chi connectivity index (χ1n) is 5.71. The van der Waals surface area contributed by atoms with E-state index in [9.17, 15) is 19.5 Å². The van der Waals surface area contributed by atoms with E-state index in [4.69, 9.17) is 9.47 Å². The molecule has 0 aromatic rings. The van der Waals surface area contributed by atoms with Crippen LogP contribution < -0.4 is 0 Å². The molecule has 0 spiro atoms. The Morgan fingerprint density at radius 1 is 1.28 bits per heavy atom. The number of Topliss-reactive ketones (excluding diaryl/α,β-unsaturated/α-hetero) is 2. The van der Waals surface area contributed by atoms with Crippen molar-refractivity contribution in [1.29, 1.82) is 0 Å². The van der Waals surface area contributed by atoms with Gasteiger partial charge in [0.2, 0.25) is 0 Å².